The van der Waals surface area contributed by atoms with Gasteiger partial charge in [-0.25, -0.2) is 0 Å². The van der Waals surface area contributed by atoms with Gasteiger partial charge in [0.25, 0.3) is 5.69 Å². The van der Waals surface area contributed by atoms with E-state index < -0.39 is 0 Å². The maximum atomic E-state index is 10.9. The van der Waals surface area contributed by atoms with E-state index in [2.05, 4.69) is 12.2 Å². The van der Waals surface area contributed by atoms with Crippen LogP contribution in [0.4, 0.5) is 5.69 Å². The Bertz CT molecular complexity index is 447. The summed E-state index contributed by atoms with van der Waals surface area (Å²) < 4.78 is 0. The molecule has 2 rings (SSSR count). The lowest BCUT2D eigenvalue weighted by Gasteiger charge is -2.32. The van der Waals surface area contributed by atoms with Gasteiger partial charge < -0.3 is 5.32 Å². The number of rotatable bonds is 5. The van der Waals surface area contributed by atoms with Crippen LogP contribution in [-0.4, -0.2) is 11.0 Å². The van der Waals surface area contributed by atoms with E-state index in [9.17, 15) is 10.1 Å². The zero-order valence-electron chi connectivity index (χ0n) is 10.4. The van der Waals surface area contributed by atoms with E-state index in [0.717, 1.165) is 5.92 Å². The van der Waals surface area contributed by atoms with E-state index in [4.69, 9.17) is 11.6 Å². The van der Waals surface area contributed by atoms with Crippen LogP contribution < -0.4 is 5.32 Å². The molecule has 0 heterocycles. The maximum absolute atomic E-state index is 10.9. The molecule has 1 unspecified atom stereocenters. The average molecular weight is 269 g/mol. The van der Waals surface area contributed by atoms with E-state index in [1.54, 1.807) is 12.1 Å². The Kier molecular flexibility index (Phi) is 4.19. The number of nitro benzene ring substituents is 1. The molecule has 0 aliphatic heterocycles. The smallest absolute Gasteiger partial charge is 0.275 e. The molecule has 5 heteroatoms. The lowest BCUT2D eigenvalue weighted by molar-refractivity contribution is -0.385. The molecule has 98 valence electrons. The number of halogens is 1. The van der Waals surface area contributed by atoms with E-state index in [-0.39, 0.29) is 10.6 Å². The Morgan fingerprint density at radius 3 is 2.83 bits per heavy atom. The summed E-state index contributed by atoms with van der Waals surface area (Å²) in [6.45, 7) is 2.66. The molecule has 1 N–H and O–H groups in total. The van der Waals surface area contributed by atoms with E-state index in [1.165, 1.54) is 25.3 Å². The normalized spacial score (nSPS) is 17.2. The third kappa shape index (κ3) is 3.00. The summed E-state index contributed by atoms with van der Waals surface area (Å²) in [6.07, 6.45) is 3.82. The highest BCUT2D eigenvalue weighted by molar-refractivity contribution is 6.30. The van der Waals surface area contributed by atoms with Crippen LogP contribution in [0.5, 0.6) is 0 Å². The zero-order chi connectivity index (χ0) is 13.1. The number of nitrogens with zero attached hydrogens (tertiary/aromatic N) is 1. The van der Waals surface area contributed by atoms with Gasteiger partial charge in [-0.2, -0.15) is 0 Å². The fourth-order valence-corrected chi connectivity index (χ4v) is 2.40. The Balaban J connectivity index is 2.01. The molecule has 1 aliphatic carbocycles. The van der Waals surface area contributed by atoms with Crippen LogP contribution in [0.2, 0.25) is 5.02 Å². The molecular formula is C13H17ClN2O2. The minimum absolute atomic E-state index is 0.0933. The van der Waals surface area contributed by atoms with Crippen molar-refractivity contribution in [2.45, 2.75) is 38.8 Å². The summed E-state index contributed by atoms with van der Waals surface area (Å²) in [7, 11) is 0. The predicted octanol–water partition coefficient (Wildman–Crippen LogP) is 3.53. The third-order valence-corrected chi connectivity index (χ3v) is 3.95. The Hall–Kier alpha value is -1.13. The predicted molar refractivity (Wildman–Crippen MR) is 71.7 cm³/mol. The van der Waals surface area contributed by atoms with Crippen LogP contribution in [0.25, 0.3) is 0 Å². The first-order valence-corrected chi connectivity index (χ1v) is 6.62. The number of nitrogens with one attached hydrogen (secondary N) is 1. The highest BCUT2D eigenvalue weighted by Crippen LogP contribution is 2.30. The summed E-state index contributed by atoms with van der Waals surface area (Å²) in [6, 6.07) is 5.24. The van der Waals surface area contributed by atoms with Gasteiger partial charge in [-0.05, 0) is 37.8 Å². The lowest BCUT2D eigenvalue weighted by Crippen LogP contribution is -2.36. The molecule has 1 atom stereocenters. The SMILES string of the molecule is CC(NCc1ccc(Cl)cc1[N+](=O)[O-])C1CCC1. The van der Waals surface area contributed by atoms with Crippen molar-refractivity contribution < 1.29 is 4.92 Å². The second kappa shape index (κ2) is 5.67. The van der Waals surface area contributed by atoms with Gasteiger partial charge in [0.05, 0.1) is 4.92 Å². The van der Waals surface area contributed by atoms with Crippen molar-refractivity contribution >= 4 is 17.3 Å². The largest absolute Gasteiger partial charge is 0.310 e. The summed E-state index contributed by atoms with van der Waals surface area (Å²) >= 11 is 5.78. The molecule has 1 saturated carbocycles. The van der Waals surface area contributed by atoms with Gasteiger partial charge in [-0.3, -0.25) is 10.1 Å². The molecule has 1 aromatic rings. The second-order valence-corrected chi connectivity index (χ2v) is 5.33. The van der Waals surface area contributed by atoms with Crippen LogP contribution in [0, 0.1) is 16.0 Å². The minimum Gasteiger partial charge on any atom is -0.310 e. The van der Waals surface area contributed by atoms with Gasteiger partial charge in [0.15, 0.2) is 0 Å². The Morgan fingerprint density at radius 1 is 1.56 bits per heavy atom. The maximum Gasteiger partial charge on any atom is 0.275 e. The number of hydrogen-bond acceptors (Lipinski definition) is 3. The van der Waals surface area contributed by atoms with Gasteiger partial charge in [0.2, 0.25) is 0 Å². The Morgan fingerprint density at radius 2 is 2.28 bits per heavy atom. The monoisotopic (exact) mass is 268 g/mol. The van der Waals surface area contributed by atoms with Crippen molar-refractivity contribution in [2.24, 2.45) is 5.92 Å². The molecule has 0 spiro atoms. The van der Waals surface area contributed by atoms with Crippen LogP contribution in [-0.2, 0) is 6.54 Å². The van der Waals surface area contributed by atoms with Crippen LogP contribution in [0.1, 0.15) is 31.7 Å². The number of nitro groups is 1. The first kappa shape index (κ1) is 13.3. The summed E-state index contributed by atoms with van der Waals surface area (Å²) in [5, 5.41) is 14.7. The fraction of sp³-hybridized carbons (Fsp3) is 0.538. The molecule has 18 heavy (non-hydrogen) atoms. The van der Waals surface area contributed by atoms with Crippen molar-refractivity contribution in [3.05, 3.63) is 38.9 Å². The van der Waals surface area contributed by atoms with Gasteiger partial charge in [-0.15, -0.1) is 0 Å². The molecule has 4 nitrogen and oxygen atoms in total. The quantitative estimate of drug-likeness (QED) is 0.657. The van der Waals surface area contributed by atoms with Gasteiger partial charge in [0, 0.05) is 29.2 Å². The highest BCUT2D eigenvalue weighted by Gasteiger charge is 2.24. The topological polar surface area (TPSA) is 55.2 Å². The van der Waals surface area contributed by atoms with Gasteiger partial charge >= 0.3 is 0 Å². The first-order chi connectivity index (χ1) is 8.58. The van der Waals surface area contributed by atoms with Crippen molar-refractivity contribution in [3.63, 3.8) is 0 Å². The van der Waals surface area contributed by atoms with E-state index >= 15 is 0 Å². The molecule has 0 saturated heterocycles. The molecule has 1 aliphatic rings. The highest BCUT2D eigenvalue weighted by atomic mass is 35.5. The van der Waals surface area contributed by atoms with Gasteiger partial charge in [-0.1, -0.05) is 18.0 Å². The van der Waals surface area contributed by atoms with Crippen LogP contribution in [0.15, 0.2) is 18.2 Å². The molecule has 1 fully saturated rings. The van der Waals surface area contributed by atoms with Crippen molar-refractivity contribution in [2.75, 3.05) is 0 Å². The molecule has 0 radical (unpaired) electrons. The van der Waals surface area contributed by atoms with Crippen molar-refractivity contribution in [1.29, 1.82) is 0 Å². The summed E-state index contributed by atoms with van der Waals surface area (Å²) in [5.74, 6) is 0.719. The number of hydrogen-bond donors (Lipinski definition) is 1. The Labute approximate surface area is 111 Å². The van der Waals surface area contributed by atoms with Crippen molar-refractivity contribution in [3.8, 4) is 0 Å². The summed E-state index contributed by atoms with van der Waals surface area (Å²) in [4.78, 5) is 10.6. The van der Waals surface area contributed by atoms with E-state index in [0.29, 0.717) is 23.2 Å². The molecule has 0 aromatic heterocycles. The fourth-order valence-electron chi connectivity index (χ4n) is 2.23. The first-order valence-electron chi connectivity index (χ1n) is 6.24. The lowest BCUT2D eigenvalue weighted by atomic mass is 9.80. The van der Waals surface area contributed by atoms with E-state index in [1.807, 2.05) is 0 Å². The van der Waals surface area contributed by atoms with Crippen LogP contribution >= 0.6 is 11.6 Å². The average Bonchev–Trinajstić information content (AvgIpc) is 2.24. The van der Waals surface area contributed by atoms with Gasteiger partial charge in [0.1, 0.15) is 0 Å². The molecule has 0 bridgehead atoms. The standard InChI is InChI=1S/C13H17ClN2O2/c1-9(10-3-2-4-10)15-8-11-5-6-12(14)7-13(11)16(17)18/h5-7,9-10,15H,2-4,8H2,1H3. The second-order valence-electron chi connectivity index (χ2n) is 4.89. The zero-order valence-corrected chi connectivity index (χ0v) is 11.1. The van der Waals surface area contributed by atoms with Crippen LogP contribution in [0.3, 0.4) is 0 Å². The minimum atomic E-state index is -0.378. The third-order valence-electron chi connectivity index (χ3n) is 3.72. The molecule has 1 aromatic carbocycles. The summed E-state index contributed by atoms with van der Waals surface area (Å²) in [5.41, 5.74) is 0.784. The molecule has 0 amide bonds. The molecular weight excluding hydrogens is 252 g/mol. The van der Waals surface area contributed by atoms with Crippen molar-refractivity contribution in [1.82, 2.24) is 5.32 Å². The number of benzene rings is 1.